The zero-order valence-corrected chi connectivity index (χ0v) is 17.2. The summed E-state index contributed by atoms with van der Waals surface area (Å²) in [5.41, 5.74) is 1.11. The Balaban J connectivity index is 1.51. The molecule has 0 unspecified atom stereocenters. The number of amides is 2. The molecule has 12 heteroatoms. The largest absolute Gasteiger partial charge is 0.478 e. The summed E-state index contributed by atoms with van der Waals surface area (Å²) in [6.45, 7) is -0.152. The molecule has 3 rings (SSSR count). The summed E-state index contributed by atoms with van der Waals surface area (Å²) in [5.74, 6) is -2.86. The third kappa shape index (κ3) is 6.15. The van der Waals surface area contributed by atoms with Crippen molar-refractivity contribution in [1.29, 1.82) is 0 Å². The summed E-state index contributed by atoms with van der Waals surface area (Å²) in [4.78, 5) is 50.2. The van der Waals surface area contributed by atoms with Crippen molar-refractivity contribution in [3.05, 3.63) is 66.0 Å². The number of nitrogens with zero attached hydrogens (tertiary/aromatic N) is 3. The van der Waals surface area contributed by atoms with Crippen LogP contribution in [-0.4, -0.2) is 54.5 Å². The molecule has 1 aromatic heterocycles. The summed E-state index contributed by atoms with van der Waals surface area (Å²) in [5, 5.41) is 27.4. The van der Waals surface area contributed by atoms with Crippen molar-refractivity contribution >= 4 is 46.9 Å². The number of anilines is 2. The lowest BCUT2D eigenvalue weighted by atomic mass is 10.2. The molecule has 32 heavy (non-hydrogen) atoms. The molecule has 4 N–H and O–H groups in total. The predicted octanol–water partition coefficient (Wildman–Crippen LogP) is 2.04. The molecule has 0 atom stereocenters. The van der Waals surface area contributed by atoms with Gasteiger partial charge in [-0.05, 0) is 48.5 Å². The zero-order chi connectivity index (χ0) is 23.1. The van der Waals surface area contributed by atoms with Crippen molar-refractivity contribution in [3.8, 4) is 0 Å². The number of carbonyl (C=O) groups excluding carboxylic acids is 2. The second kappa shape index (κ2) is 10.2. The molecule has 11 nitrogen and oxygen atoms in total. The maximum Gasteiger partial charge on any atom is 0.335 e. The SMILES string of the molecule is O=C(CSc1ncnn1CC(=O)Nc1ccc(C(=O)O)cc1)Nc1ccc(C(=O)O)cc1. The highest BCUT2D eigenvalue weighted by Gasteiger charge is 2.13. The van der Waals surface area contributed by atoms with E-state index in [0.29, 0.717) is 16.5 Å². The van der Waals surface area contributed by atoms with Gasteiger partial charge in [-0.15, -0.1) is 0 Å². The van der Waals surface area contributed by atoms with Gasteiger partial charge in [0.15, 0.2) is 5.16 Å². The molecule has 0 fully saturated rings. The zero-order valence-electron chi connectivity index (χ0n) is 16.4. The summed E-state index contributed by atoms with van der Waals surface area (Å²) in [6, 6.07) is 11.5. The Morgan fingerprint density at radius 1 is 0.812 bits per heavy atom. The third-order valence-electron chi connectivity index (χ3n) is 4.04. The predicted molar refractivity (Wildman–Crippen MR) is 115 cm³/mol. The number of carboxylic acids is 2. The van der Waals surface area contributed by atoms with Crippen LogP contribution in [0.15, 0.2) is 60.0 Å². The third-order valence-corrected chi connectivity index (χ3v) is 5.02. The van der Waals surface area contributed by atoms with Crippen LogP contribution in [-0.2, 0) is 16.1 Å². The highest BCUT2D eigenvalue weighted by atomic mass is 32.2. The quantitative estimate of drug-likeness (QED) is 0.353. The number of aromatic nitrogens is 3. The van der Waals surface area contributed by atoms with E-state index in [1.54, 1.807) is 0 Å². The van der Waals surface area contributed by atoms with Gasteiger partial charge in [0.25, 0.3) is 0 Å². The van der Waals surface area contributed by atoms with Gasteiger partial charge in [0.1, 0.15) is 12.9 Å². The van der Waals surface area contributed by atoms with Crippen LogP contribution in [0.5, 0.6) is 0 Å². The monoisotopic (exact) mass is 455 g/mol. The molecule has 1 heterocycles. The normalized spacial score (nSPS) is 10.4. The van der Waals surface area contributed by atoms with Gasteiger partial charge in [-0.1, -0.05) is 11.8 Å². The van der Waals surface area contributed by atoms with Crippen molar-refractivity contribution in [1.82, 2.24) is 14.8 Å². The van der Waals surface area contributed by atoms with E-state index in [1.807, 2.05) is 0 Å². The molecule has 3 aromatic rings. The number of thioether (sulfide) groups is 1. The van der Waals surface area contributed by atoms with Gasteiger partial charge in [-0.2, -0.15) is 5.10 Å². The van der Waals surface area contributed by atoms with E-state index in [4.69, 9.17) is 10.2 Å². The fourth-order valence-corrected chi connectivity index (χ4v) is 3.24. The number of benzene rings is 2. The van der Waals surface area contributed by atoms with Gasteiger partial charge >= 0.3 is 11.9 Å². The van der Waals surface area contributed by atoms with Crippen LogP contribution in [0.2, 0.25) is 0 Å². The molecule has 2 aromatic carbocycles. The minimum atomic E-state index is -1.06. The molecular formula is C20H17N5O6S. The average Bonchev–Trinajstić information content (AvgIpc) is 3.19. The van der Waals surface area contributed by atoms with E-state index in [0.717, 1.165) is 11.8 Å². The second-order valence-corrected chi connectivity index (χ2v) is 7.29. The first-order valence-corrected chi connectivity index (χ1v) is 10.1. The number of hydrogen-bond acceptors (Lipinski definition) is 7. The van der Waals surface area contributed by atoms with Crippen molar-refractivity contribution in [2.24, 2.45) is 0 Å². The van der Waals surface area contributed by atoms with E-state index in [-0.39, 0.29) is 29.3 Å². The molecule has 0 aliphatic heterocycles. The summed E-state index contributed by atoms with van der Waals surface area (Å²) in [7, 11) is 0. The standard InChI is InChI=1S/C20H17N5O6S/c26-16(23-14-5-1-12(2-6-14)18(28)29)9-25-20(21-11-22-25)32-10-17(27)24-15-7-3-13(4-8-15)19(30)31/h1-8,11H,9-10H2,(H,23,26)(H,24,27)(H,28,29)(H,30,31). The van der Waals surface area contributed by atoms with Crippen LogP contribution in [0.1, 0.15) is 20.7 Å². The first-order valence-electron chi connectivity index (χ1n) is 9.09. The second-order valence-electron chi connectivity index (χ2n) is 6.35. The van der Waals surface area contributed by atoms with E-state index >= 15 is 0 Å². The number of nitrogens with one attached hydrogen (secondary N) is 2. The molecule has 0 bridgehead atoms. The van der Waals surface area contributed by atoms with Crippen LogP contribution in [0.3, 0.4) is 0 Å². The molecule has 0 saturated heterocycles. The molecular weight excluding hydrogens is 438 g/mol. The van der Waals surface area contributed by atoms with Crippen LogP contribution in [0.25, 0.3) is 0 Å². The topological polar surface area (TPSA) is 164 Å². The van der Waals surface area contributed by atoms with Crippen LogP contribution in [0.4, 0.5) is 11.4 Å². The minimum Gasteiger partial charge on any atom is -0.478 e. The van der Waals surface area contributed by atoms with Crippen LogP contribution in [0, 0.1) is 0 Å². The Labute approximate surface area is 185 Å². The number of carboxylic acid groups (broad SMARTS) is 2. The van der Waals surface area contributed by atoms with E-state index in [9.17, 15) is 19.2 Å². The number of rotatable bonds is 9. The lowest BCUT2D eigenvalue weighted by molar-refractivity contribution is -0.117. The minimum absolute atomic E-state index is 0.00234. The van der Waals surface area contributed by atoms with Gasteiger partial charge in [0.2, 0.25) is 11.8 Å². The van der Waals surface area contributed by atoms with Crippen molar-refractivity contribution in [3.63, 3.8) is 0 Å². The first-order chi connectivity index (χ1) is 15.3. The van der Waals surface area contributed by atoms with E-state index in [2.05, 4.69) is 20.7 Å². The maximum absolute atomic E-state index is 12.3. The molecule has 0 spiro atoms. The van der Waals surface area contributed by atoms with Crippen LogP contribution >= 0.6 is 11.8 Å². The Bertz CT molecular complexity index is 1140. The van der Waals surface area contributed by atoms with Gasteiger partial charge in [0, 0.05) is 11.4 Å². The highest BCUT2D eigenvalue weighted by Crippen LogP contribution is 2.16. The van der Waals surface area contributed by atoms with Crippen molar-refractivity contribution in [2.45, 2.75) is 11.7 Å². The van der Waals surface area contributed by atoms with E-state index < -0.39 is 17.8 Å². The Morgan fingerprint density at radius 2 is 1.31 bits per heavy atom. The molecule has 0 saturated carbocycles. The summed E-state index contributed by atoms with van der Waals surface area (Å²) >= 11 is 1.08. The molecule has 0 aliphatic rings. The lowest BCUT2D eigenvalue weighted by Crippen LogP contribution is -2.20. The summed E-state index contributed by atoms with van der Waals surface area (Å²) < 4.78 is 1.33. The molecule has 2 amide bonds. The number of hydrogen-bond donors (Lipinski definition) is 4. The first kappa shape index (κ1) is 22.5. The summed E-state index contributed by atoms with van der Waals surface area (Å²) in [6.07, 6.45) is 1.26. The van der Waals surface area contributed by atoms with Gasteiger partial charge in [-0.25, -0.2) is 19.3 Å². The fraction of sp³-hybridized carbons (Fsp3) is 0.100. The van der Waals surface area contributed by atoms with E-state index in [1.165, 1.54) is 59.5 Å². The Morgan fingerprint density at radius 3 is 1.81 bits per heavy atom. The fourth-order valence-electron chi connectivity index (χ4n) is 2.53. The van der Waals surface area contributed by atoms with Crippen LogP contribution < -0.4 is 10.6 Å². The molecule has 0 radical (unpaired) electrons. The van der Waals surface area contributed by atoms with Crippen molar-refractivity contribution < 1.29 is 29.4 Å². The van der Waals surface area contributed by atoms with Crippen molar-refractivity contribution in [2.75, 3.05) is 16.4 Å². The van der Waals surface area contributed by atoms with Gasteiger partial charge < -0.3 is 20.8 Å². The van der Waals surface area contributed by atoms with Gasteiger partial charge in [-0.3, -0.25) is 9.59 Å². The number of aromatic carboxylic acids is 2. The maximum atomic E-state index is 12.3. The Hall–Kier alpha value is -4.19. The molecule has 164 valence electrons. The molecule has 0 aliphatic carbocycles. The number of carbonyl (C=O) groups is 4. The van der Waals surface area contributed by atoms with Gasteiger partial charge in [0.05, 0.1) is 16.9 Å². The smallest absolute Gasteiger partial charge is 0.335 e. The lowest BCUT2D eigenvalue weighted by Gasteiger charge is -2.08. The Kier molecular flexibility index (Phi) is 7.18. The highest BCUT2D eigenvalue weighted by molar-refractivity contribution is 7.99. The average molecular weight is 455 g/mol.